The van der Waals surface area contributed by atoms with Crippen LogP contribution in [-0.4, -0.2) is 11.8 Å². The van der Waals surface area contributed by atoms with E-state index in [1.165, 1.54) is 25.1 Å². The third-order valence-electron chi connectivity index (χ3n) is 2.66. The molecule has 2 aromatic carbocycles. The number of carbonyl (C=O) groups is 2. The predicted molar refractivity (Wildman–Crippen MR) is 87.8 cm³/mol. The maximum atomic E-state index is 13.3. The van der Waals surface area contributed by atoms with E-state index < -0.39 is 11.7 Å². The summed E-state index contributed by atoms with van der Waals surface area (Å²) >= 11 is 9.08. The van der Waals surface area contributed by atoms with Crippen molar-refractivity contribution in [1.82, 2.24) is 0 Å². The number of anilines is 2. The molecule has 114 valence electrons. The van der Waals surface area contributed by atoms with E-state index in [1.54, 1.807) is 12.1 Å². The smallest absolute Gasteiger partial charge is 0.255 e. The van der Waals surface area contributed by atoms with Crippen LogP contribution in [0.4, 0.5) is 15.8 Å². The van der Waals surface area contributed by atoms with E-state index in [4.69, 9.17) is 11.6 Å². The average molecular weight is 386 g/mol. The number of amides is 2. The molecule has 0 saturated heterocycles. The summed E-state index contributed by atoms with van der Waals surface area (Å²) in [7, 11) is 0. The van der Waals surface area contributed by atoms with Crippen molar-refractivity contribution in [2.45, 2.75) is 6.92 Å². The second kappa shape index (κ2) is 6.89. The molecule has 0 spiro atoms. The van der Waals surface area contributed by atoms with Crippen molar-refractivity contribution in [3.8, 4) is 0 Å². The second-order valence-corrected chi connectivity index (χ2v) is 5.81. The SMILES string of the molecule is CC(=O)Nc1cc(NC(=O)c2cc(F)cc(Br)c2)ccc1Cl. The molecule has 22 heavy (non-hydrogen) atoms. The molecule has 4 nitrogen and oxygen atoms in total. The number of halogens is 3. The minimum atomic E-state index is -0.519. The van der Waals surface area contributed by atoms with Gasteiger partial charge in [0.25, 0.3) is 5.91 Å². The lowest BCUT2D eigenvalue weighted by Gasteiger charge is -2.10. The van der Waals surface area contributed by atoms with Crippen LogP contribution < -0.4 is 10.6 Å². The summed E-state index contributed by atoms with van der Waals surface area (Å²) in [5, 5.41) is 5.52. The van der Waals surface area contributed by atoms with Crippen LogP contribution in [0.25, 0.3) is 0 Å². The molecule has 2 aromatic rings. The summed E-state index contributed by atoms with van der Waals surface area (Å²) in [6.45, 7) is 1.35. The van der Waals surface area contributed by atoms with Gasteiger partial charge in [0.15, 0.2) is 0 Å². The van der Waals surface area contributed by atoms with Gasteiger partial charge in [-0.3, -0.25) is 9.59 Å². The van der Waals surface area contributed by atoms with Gasteiger partial charge in [0.1, 0.15) is 5.82 Å². The minimum Gasteiger partial charge on any atom is -0.325 e. The van der Waals surface area contributed by atoms with E-state index in [0.29, 0.717) is 20.9 Å². The standard InChI is InChI=1S/C15H11BrClFN2O2/c1-8(21)19-14-7-12(2-3-13(14)17)20-15(22)9-4-10(16)6-11(18)5-9/h2-7H,1H3,(H,19,21)(H,20,22). The van der Waals surface area contributed by atoms with E-state index in [1.807, 2.05) is 0 Å². The minimum absolute atomic E-state index is 0.169. The summed E-state index contributed by atoms with van der Waals surface area (Å²) in [6.07, 6.45) is 0. The first kappa shape index (κ1) is 16.5. The maximum Gasteiger partial charge on any atom is 0.255 e. The molecule has 0 atom stereocenters. The van der Waals surface area contributed by atoms with Crippen molar-refractivity contribution in [3.05, 3.63) is 57.3 Å². The predicted octanol–water partition coefficient (Wildman–Crippen LogP) is 4.45. The summed E-state index contributed by atoms with van der Waals surface area (Å²) in [4.78, 5) is 23.2. The number of nitrogens with one attached hydrogen (secondary N) is 2. The largest absolute Gasteiger partial charge is 0.325 e. The molecule has 2 N–H and O–H groups in total. The normalized spacial score (nSPS) is 10.2. The van der Waals surface area contributed by atoms with Gasteiger partial charge in [-0.25, -0.2) is 4.39 Å². The Labute approximate surface area is 139 Å². The van der Waals surface area contributed by atoms with Crippen LogP contribution >= 0.6 is 27.5 Å². The molecular formula is C15H11BrClFN2O2. The molecule has 0 saturated carbocycles. The fourth-order valence-corrected chi connectivity index (χ4v) is 2.41. The van der Waals surface area contributed by atoms with Gasteiger partial charge < -0.3 is 10.6 Å². The Kier molecular flexibility index (Phi) is 5.15. The highest BCUT2D eigenvalue weighted by Gasteiger charge is 2.10. The zero-order valence-electron chi connectivity index (χ0n) is 11.4. The third-order valence-corrected chi connectivity index (χ3v) is 3.45. The molecule has 0 heterocycles. The highest BCUT2D eigenvalue weighted by molar-refractivity contribution is 9.10. The van der Waals surface area contributed by atoms with Gasteiger partial charge in [-0.1, -0.05) is 27.5 Å². The van der Waals surface area contributed by atoms with Crippen molar-refractivity contribution in [3.63, 3.8) is 0 Å². The van der Waals surface area contributed by atoms with Crippen molar-refractivity contribution >= 4 is 50.7 Å². The molecule has 7 heteroatoms. The molecule has 0 aliphatic carbocycles. The maximum absolute atomic E-state index is 13.3. The van der Waals surface area contributed by atoms with Crippen molar-refractivity contribution in [2.75, 3.05) is 10.6 Å². The summed E-state index contributed by atoms with van der Waals surface area (Å²) in [5.74, 6) is -1.27. The van der Waals surface area contributed by atoms with E-state index in [-0.39, 0.29) is 11.5 Å². The number of benzene rings is 2. The molecule has 0 radical (unpaired) electrons. The van der Waals surface area contributed by atoms with Crippen LogP contribution in [0.3, 0.4) is 0 Å². The molecule has 0 bridgehead atoms. The van der Waals surface area contributed by atoms with E-state index in [9.17, 15) is 14.0 Å². The fourth-order valence-electron chi connectivity index (χ4n) is 1.78. The highest BCUT2D eigenvalue weighted by Crippen LogP contribution is 2.26. The Morgan fingerprint density at radius 3 is 2.50 bits per heavy atom. The van der Waals surface area contributed by atoms with Gasteiger partial charge in [0.2, 0.25) is 5.91 Å². The van der Waals surface area contributed by atoms with Gasteiger partial charge in [0.05, 0.1) is 10.7 Å². The van der Waals surface area contributed by atoms with E-state index in [0.717, 1.165) is 6.07 Å². The molecule has 2 amide bonds. The van der Waals surface area contributed by atoms with Crippen molar-refractivity contribution in [1.29, 1.82) is 0 Å². The van der Waals surface area contributed by atoms with Crippen LogP contribution in [0.1, 0.15) is 17.3 Å². The number of hydrogen-bond acceptors (Lipinski definition) is 2. The first-order valence-electron chi connectivity index (χ1n) is 6.20. The number of hydrogen-bond donors (Lipinski definition) is 2. The fraction of sp³-hybridized carbons (Fsp3) is 0.0667. The second-order valence-electron chi connectivity index (χ2n) is 4.49. The first-order chi connectivity index (χ1) is 10.3. The third kappa shape index (κ3) is 4.29. The molecule has 0 aliphatic heterocycles. The lowest BCUT2D eigenvalue weighted by atomic mass is 10.2. The molecule has 0 aromatic heterocycles. The lowest BCUT2D eigenvalue weighted by molar-refractivity contribution is -0.114. The van der Waals surface area contributed by atoms with Crippen molar-refractivity contribution < 1.29 is 14.0 Å². The lowest BCUT2D eigenvalue weighted by Crippen LogP contribution is -2.13. The summed E-state index contributed by atoms with van der Waals surface area (Å²) < 4.78 is 13.8. The topological polar surface area (TPSA) is 58.2 Å². The zero-order valence-corrected chi connectivity index (χ0v) is 13.8. The molecule has 2 rings (SSSR count). The number of carbonyl (C=O) groups excluding carboxylic acids is 2. The summed E-state index contributed by atoms with van der Waals surface area (Å²) in [5.41, 5.74) is 0.980. The van der Waals surface area contributed by atoms with Crippen LogP contribution in [0, 0.1) is 5.82 Å². The Bertz CT molecular complexity index is 732. The van der Waals surface area contributed by atoms with Gasteiger partial charge >= 0.3 is 0 Å². The van der Waals surface area contributed by atoms with Gasteiger partial charge in [-0.15, -0.1) is 0 Å². The molecular weight excluding hydrogens is 375 g/mol. The van der Waals surface area contributed by atoms with E-state index >= 15 is 0 Å². The van der Waals surface area contributed by atoms with Crippen LogP contribution in [-0.2, 0) is 4.79 Å². The van der Waals surface area contributed by atoms with Gasteiger partial charge in [-0.2, -0.15) is 0 Å². The average Bonchev–Trinajstić information content (AvgIpc) is 2.41. The van der Waals surface area contributed by atoms with Crippen LogP contribution in [0.15, 0.2) is 40.9 Å². The zero-order chi connectivity index (χ0) is 16.3. The molecule has 0 fully saturated rings. The Hall–Kier alpha value is -1.92. The highest BCUT2D eigenvalue weighted by atomic mass is 79.9. The Morgan fingerprint density at radius 2 is 1.86 bits per heavy atom. The van der Waals surface area contributed by atoms with Crippen molar-refractivity contribution in [2.24, 2.45) is 0 Å². The Morgan fingerprint density at radius 1 is 1.14 bits per heavy atom. The first-order valence-corrected chi connectivity index (χ1v) is 7.37. The molecule has 0 unspecified atom stereocenters. The quantitative estimate of drug-likeness (QED) is 0.820. The van der Waals surface area contributed by atoms with E-state index in [2.05, 4.69) is 26.6 Å². The van der Waals surface area contributed by atoms with Gasteiger partial charge in [-0.05, 0) is 36.4 Å². The van der Waals surface area contributed by atoms with Crippen LogP contribution in [0.2, 0.25) is 5.02 Å². The monoisotopic (exact) mass is 384 g/mol. The van der Waals surface area contributed by atoms with Crippen LogP contribution in [0.5, 0.6) is 0 Å². The molecule has 0 aliphatic rings. The van der Waals surface area contributed by atoms with Gasteiger partial charge in [0, 0.05) is 22.6 Å². The Balaban J connectivity index is 2.22. The number of rotatable bonds is 3. The summed E-state index contributed by atoms with van der Waals surface area (Å²) in [6, 6.07) is 8.54.